The first-order chi connectivity index (χ1) is 20.2. The molecule has 0 fully saturated rings. The van der Waals surface area contributed by atoms with Gasteiger partial charge in [-0.1, -0.05) is 36.4 Å². The van der Waals surface area contributed by atoms with E-state index in [0.29, 0.717) is 48.0 Å². The van der Waals surface area contributed by atoms with Crippen LogP contribution in [0.2, 0.25) is 0 Å². The molecule has 0 unspecified atom stereocenters. The molecule has 41 heavy (non-hydrogen) atoms. The number of ether oxygens (including phenoxy) is 2. The Hall–Kier alpha value is -5.29. The van der Waals surface area contributed by atoms with Crippen molar-refractivity contribution in [2.75, 3.05) is 6.79 Å². The monoisotopic (exact) mass is 547 g/mol. The Morgan fingerprint density at radius 2 is 1.80 bits per heavy atom. The first-order valence-electron chi connectivity index (χ1n) is 13.1. The minimum atomic E-state index is -0.641. The maximum absolute atomic E-state index is 13.8. The molecule has 0 bridgehead atoms. The third-order valence-corrected chi connectivity index (χ3v) is 7.05. The molecule has 204 valence electrons. The topological polar surface area (TPSA) is 124 Å². The summed E-state index contributed by atoms with van der Waals surface area (Å²) < 4.78 is 18.6. The van der Waals surface area contributed by atoms with Gasteiger partial charge in [0.05, 0.1) is 24.9 Å². The summed E-state index contributed by atoms with van der Waals surface area (Å²) >= 11 is 0. The van der Waals surface area contributed by atoms with Crippen LogP contribution in [-0.4, -0.2) is 41.9 Å². The highest BCUT2D eigenvalue weighted by atomic mass is 16.7. The Kier molecular flexibility index (Phi) is 6.45. The zero-order valence-electron chi connectivity index (χ0n) is 21.9. The molecule has 4 aromatic heterocycles. The van der Waals surface area contributed by atoms with Crippen molar-refractivity contribution in [1.29, 1.82) is 0 Å². The SMILES string of the molecule is O=c1[nH]c2cc3c(cc2cc1[C@H](c1nnnn1Cc1ccccc1)N(Cc1cccnc1)Cc1ccco1)OCO3. The van der Waals surface area contributed by atoms with Crippen LogP contribution in [0, 0.1) is 0 Å². The highest BCUT2D eigenvalue weighted by Gasteiger charge is 2.32. The fourth-order valence-electron chi connectivity index (χ4n) is 5.16. The lowest BCUT2D eigenvalue weighted by atomic mass is 10.0. The molecule has 1 aliphatic heterocycles. The number of hydrogen-bond acceptors (Lipinski definition) is 9. The van der Waals surface area contributed by atoms with Gasteiger partial charge in [-0.15, -0.1) is 5.10 Å². The van der Waals surface area contributed by atoms with Gasteiger partial charge >= 0.3 is 0 Å². The van der Waals surface area contributed by atoms with Crippen LogP contribution in [0.3, 0.4) is 0 Å². The number of pyridine rings is 2. The third-order valence-electron chi connectivity index (χ3n) is 7.05. The molecule has 0 saturated heterocycles. The minimum Gasteiger partial charge on any atom is -0.468 e. The zero-order chi connectivity index (χ0) is 27.6. The lowest BCUT2D eigenvalue weighted by molar-refractivity contribution is 0.174. The van der Waals surface area contributed by atoms with Gasteiger partial charge in [-0.3, -0.25) is 14.7 Å². The van der Waals surface area contributed by atoms with Crippen molar-refractivity contribution < 1.29 is 13.9 Å². The molecule has 0 amide bonds. The first kappa shape index (κ1) is 24.7. The summed E-state index contributed by atoms with van der Waals surface area (Å²) in [7, 11) is 0. The summed E-state index contributed by atoms with van der Waals surface area (Å²) in [5.41, 5.74) is 2.87. The van der Waals surface area contributed by atoms with Crippen LogP contribution in [0.5, 0.6) is 11.5 Å². The molecule has 0 aliphatic carbocycles. The number of hydrogen-bond donors (Lipinski definition) is 1. The quantitative estimate of drug-likeness (QED) is 0.285. The second-order valence-electron chi connectivity index (χ2n) is 9.78. The van der Waals surface area contributed by atoms with E-state index in [1.54, 1.807) is 23.2 Å². The maximum atomic E-state index is 13.8. The zero-order valence-corrected chi connectivity index (χ0v) is 21.9. The van der Waals surface area contributed by atoms with E-state index < -0.39 is 6.04 Å². The second-order valence-corrected chi connectivity index (χ2v) is 9.78. The molecule has 6 aromatic rings. The Bertz CT molecular complexity index is 1840. The average Bonchev–Trinajstić information content (AvgIpc) is 3.77. The van der Waals surface area contributed by atoms with Gasteiger partial charge in [0, 0.05) is 36.0 Å². The van der Waals surface area contributed by atoms with Crippen molar-refractivity contribution in [3.05, 3.63) is 130 Å². The summed E-state index contributed by atoms with van der Waals surface area (Å²) in [6.45, 7) is 1.42. The van der Waals surface area contributed by atoms with E-state index in [0.717, 1.165) is 22.3 Å². The Morgan fingerprint density at radius 3 is 2.61 bits per heavy atom. The van der Waals surface area contributed by atoms with Gasteiger partial charge in [0.2, 0.25) is 6.79 Å². The van der Waals surface area contributed by atoms with Gasteiger partial charge in [-0.25, -0.2) is 4.68 Å². The summed E-state index contributed by atoms with van der Waals surface area (Å²) in [5, 5.41) is 13.6. The molecule has 2 aromatic carbocycles. The molecule has 0 saturated carbocycles. The number of aromatic nitrogens is 6. The molecule has 11 nitrogen and oxygen atoms in total. The van der Waals surface area contributed by atoms with Gasteiger partial charge in [-0.05, 0) is 51.9 Å². The van der Waals surface area contributed by atoms with E-state index in [9.17, 15) is 4.79 Å². The molecule has 1 atom stereocenters. The number of aromatic amines is 1. The molecular formula is C30H25N7O4. The predicted octanol–water partition coefficient (Wildman–Crippen LogP) is 4.07. The van der Waals surface area contributed by atoms with Crippen LogP contribution in [-0.2, 0) is 19.6 Å². The summed E-state index contributed by atoms with van der Waals surface area (Å²) in [6.07, 6.45) is 5.18. The first-order valence-corrected chi connectivity index (χ1v) is 13.1. The summed E-state index contributed by atoms with van der Waals surface area (Å²) in [6, 6.07) is 22.5. The smallest absolute Gasteiger partial charge is 0.253 e. The number of H-pyrrole nitrogens is 1. The number of benzene rings is 2. The van der Waals surface area contributed by atoms with Crippen LogP contribution in [0.15, 0.2) is 101 Å². The second kappa shape index (κ2) is 10.7. The maximum Gasteiger partial charge on any atom is 0.253 e. The normalized spacial score (nSPS) is 13.2. The molecule has 0 spiro atoms. The average molecular weight is 548 g/mol. The number of nitrogens with zero attached hydrogens (tertiary/aromatic N) is 6. The molecule has 1 N–H and O–H groups in total. The van der Waals surface area contributed by atoms with E-state index in [1.807, 2.05) is 72.9 Å². The van der Waals surface area contributed by atoms with Crippen LogP contribution in [0.1, 0.15) is 34.3 Å². The molecule has 0 radical (unpaired) electrons. The highest BCUT2D eigenvalue weighted by molar-refractivity contribution is 5.83. The largest absolute Gasteiger partial charge is 0.468 e. The van der Waals surface area contributed by atoms with Crippen molar-refractivity contribution in [1.82, 2.24) is 35.1 Å². The van der Waals surface area contributed by atoms with Crippen molar-refractivity contribution in [2.45, 2.75) is 25.7 Å². The van der Waals surface area contributed by atoms with Crippen LogP contribution < -0.4 is 15.0 Å². The van der Waals surface area contributed by atoms with Gasteiger partial charge in [0.1, 0.15) is 11.8 Å². The number of rotatable bonds is 9. The standard InChI is InChI=1S/C30H25N7O4/c38-30-24(12-22-13-26-27(41-19-40-26)14-25(22)32-30)28(29-33-34-35-37(29)17-20-6-2-1-3-7-20)36(18-23-9-5-11-39-23)16-21-8-4-10-31-15-21/h1-15,28H,16-19H2,(H,32,38)/t28-/m1/s1. The highest BCUT2D eigenvalue weighted by Crippen LogP contribution is 2.37. The van der Waals surface area contributed by atoms with Crippen LogP contribution in [0.25, 0.3) is 10.9 Å². The molecule has 11 heteroatoms. The Labute approximate surface area is 234 Å². The van der Waals surface area contributed by atoms with Crippen LogP contribution >= 0.6 is 0 Å². The fraction of sp³-hybridized carbons (Fsp3) is 0.167. The van der Waals surface area contributed by atoms with E-state index in [2.05, 4.69) is 30.4 Å². The Balaban J connectivity index is 1.39. The number of furan rings is 1. The Morgan fingerprint density at radius 1 is 0.951 bits per heavy atom. The molecular weight excluding hydrogens is 522 g/mol. The van der Waals surface area contributed by atoms with Crippen molar-refractivity contribution >= 4 is 10.9 Å². The summed E-state index contributed by atoms with van der Waals surface area (Å²) in [4.78, 5) is 23.3. The molecule has 5 heterocycles. The van der Waals surface area contributed by atoms with Gasteiger partial charge in [0.25, 0.3) is 5.56 Å². The lowest BCUT2D eigenvalue weighted by Crippen LogP contribution is -2.35. The van der Waals surface area contributed by atoms with Crippen molar-refractivity contribution in [2.24, 2.45) is 0 Å². The predicted molar refractivity (Wildman–Crippen MR) is 148 cm³/mol. The molecule has 1 aliphatic rings. The van der Waals surface area contributed by atoms with Crippen molar-refractivity contribution in [3.8, 4) is 11.5 Å². The minimum absolute atomic E-state index is 0.141. The lowest BCUT2D eigenvalue weighted by Gasteiger charge is -2.30. The number of tetrazole rings is 1. The van der Waals surface area contributed by atoms with Crippen molar-refractivity contribution in [3.63, 3.8) is 0 Å². The van der Waals surface area contributed by atoms with Crippen LogP contribution in [0.4, 0.5) is 0 Å². The fourth-order valence-corrected chi connectivity index (χ4v) is 5.16. The van der Waals surface area contributed by atoms with E-state index in [4.69, 9.17) is 13.9 Å². The number of nitrogens with one attached hydrogen (secondary N) is 1. The van der Waals surface area contributed by atoms with E-state index in [-0.39, 0.29) is 12.4 Å². The van der Waals surface area contributed by atoms with E-state index in [1.165, 1.54) is 0 Å². The van der Waals surface area contributed by atoms with E-state index >= 15 is 0 Å². The molecule has 7 rings (SSSR count). The third kappa shape index (κ3) is 5.06. The number of fused-ring (bicyclic) bond motifs is 2. The van der Waals surface area contributed by atoms with Gasteiger partial charge < -0.3 is 18.9 Å². The van der Waals surface area contributed by atoms with Gasteiger partial charge in [-0.2, -0.15) is 0 Å². The summed E-state index contributed by atoms with van der Waals surface area (Å²) in [5.74, 6) is 2.49. The van der Waals surface area contributed by atoms with Gasteiger partial charge in [0.15, 0.2) is 17.3 Å².